The Balaban J connectivity index is 1.82. The van der Waals surface area contributed by atoms with Crippen molar-refractivity contribution in [2.24, 2.45) is 11.8 Å². The van der Waals surface area contributed by atoms with E-state index in [4.69, 9.17) is 10.7 Å². The molecule has 0 bridgehead atoms. The minimum Gasteiger partial charge on any atom is -0.383 e. The molecule has 0 saturated heterocycles. The minimum atomic E-state index is 0.527. The molecule has 0 aliphatic heterocycles. The number of rotatable bonds is 4. The Kier molecular flexibility index (Phi) is 4.05. The molecule has 2 atom stereocenters. The van der Waals surface area contributed by atoms with Crippen molar-refractivity contribution >= 4 is 11.6 Å². The van der Waals surface area contributed by atoms with Crippen molar-refractivity contribution < 1.29 is 0 Å². The summed E-state index contributed by atoms with van der Waals surface area (Å²) in [5.74, 6) is 4.55. The average molecular weight is 288 g/mol. The fourth-order valence-corrected chi connectivity index (χ4v) is 3.53. The fourth-order valence-electron chi connectivity index (χ4n) is 3.53. The molecular formula is C17H28N4. The first-order valence-electron chi connectivity index (χ1n) is 8.46. The van der Waals surface area contributed by atoms with E-state index >= 15 is 0 Å². The third-order valence-corrected chi connectivity index (χ3v) is 5.14. The first-order valence-corrected chi connectivity index (χ1v) is 8.46. The second-order valence-electron chi connectivity index (χ2n) is 7.16. The number of nitrogens with two attached hydrogens (primary N) is 1. The predicted molar refractivity (Wildman–Crippen MR) is 87.4 cm³/mol. The van der Waals surface area contributed by atoms with Crippen LogP contribution in [0.1, 0.15) is 69.7 Å². The summed E-state index contributed by atoms with van der Waals surface area (Å²) in [5.41, 5.74) is 7.10. The molecule has 2 fully saturated rings. The van der Waals surface area contributed by atoms with Crippen LogP contribution < -0.4 is 11.1 Å². The number of nitrogens with zero attached hydrogens (tertiary/aromatic N) is 2. The monoisotopic (exact) mass is 288 g/mol. The minimum absolute atomic E-state index is 0.527. The van der Waals surface area contributed by atoms with Crippen molar-refractivity contribution in [1.29, 1.82) is 0 Å². The van der Waals surface area contributed by atoms with E-state index in [0.29, 0.717) is 23.7 Å². The van der Waals surface area contributed by atoms with Crippen molar-refractivity contribution in [3.05, 3.63) is 11.4 Å². The zero-order chi connectivity index (χ0) is 15.0. The molecule has 1 aromatic rings. The highest BCUT2D eigenvalue weighted by atomic mass is 15.1. The lowest BCUT2D eigenvalue weighted by molar-refractivity contribution is 0.253. The van der Waals surface area contributed by atoms with Crippen molar-refractivity contribution in [3.63, 3.8) is 0 Å². The summed E-state index contributed by atoms with van der Waals surface area (Å²) >= 11 is 0. The number of nitrogens with one attached hydrogen (secondary N) is 1. The van der Waals surface area contributed by atoms with Crippen LogP contribution in [0.15, 0.2) is 0 Å². The van der Waals surface area contributed by atoms with Gasteiger partial charge < -0.3 is 11.1 Å². The van der Waals surface area contributed by atoms with Crippen LogP contribution in [0.5, 0.6) is 0 Å². The van der Waals surface area contributed by atoms with E-state index < -0.39 is 0 Å². The van der Waals surface area contributed by atoms with Gasteiger partial charge in [0.2, 0.25) is 0 Å². The topological polar surface area (TPSA) is 63.8 Å². The highest BCUT2D eigenvalue weighted by Gasteiger charge is 2.30. The molecule has 2 aliphatic carbocycles. The van der Waals surface area contributed by atoms with Crippen LogP contribution in [0.4, 0.5) is 11.6 Å². The standard InChI is InChI=1S/C17H28N4/c1-10(2)13-6-4-5-7-14(13)19-16-11(3)15(18)20-17(21-16)12-8-9-12/h10,12-14H,4-9H2,1-3H3,(H3,18,19,20,21). The third kappa shape index (κ3) is 3.14. The SMILES string of the molecule is Cc1c(N)nc(C2CC2)nc1NC1CCCCC1C(C)C. The molecular weight excluding hydrogens is 260 g/mol. The molecule has 116 valence electrons. The Hall–Kier alpha value is -1.32. The molecule has 0 aromatic carbocycles. The molecule has 0 radical (unpaired) electrons. The van der Waals surface area contributed by atoms with Gasteiger partial charge in [0.05, 0.1) is 0 Å². The van der Waals surface area contributed by atoms with Gasteiger partial charge in [-0.3, -0.25) is 0 Å². The number of anilines is 2. The fraction of sp³-hybridized carbons (Fsp3) is 0.765. The van der Waals surface area contributed by atoms with Crippen molar-refractivity contribution in [3.8, 4) is 0 Å². The molecule has 1 aromatic heterocycles. The molecule has 4 heteroatoms. The van der Waals surface area contributed by atoms with Crippen LogP contribution in [0.2, 0.25) is 0 Å². The van der Waals surface area contributed by atoms with E-state index in [1.54, 1.807) is 0 Å². The van der Waals surface area contributed by atoms with Gasteiger partial charge in [-0.05, 0) is 44.4 Å². The van der Waals surface area contributed by atoms with Gasteiger partial charge in [0.15, 0.2) is 0 Å². The quantitative estimate of drug-likeness (QED) is 0.882. The zero-order valence-corrected chi connectivity index (χ0v) is 13.5. The predicted octanol–water partition coefficient (Wildman–Crippen LogP) is 3.87. The summed E-state index contributed by atoms with van der Waals surface area (Å²) in [5, 5.41) is 3.71. The van der Waals surface area contributed by atoms with Gasteiger partial charge in [-0.2, -0.15) is 0 Å². The van der Waals surface area contributed by atoms with E-state index in [1.807, 2.05) is 6.92 Å². The Morgan fingerprint density at radius 3 is 2.48 bits per heavy atom. The van der Waals surface area contributed by atoms with Crippen molar-refractivity contribution in [1.82, 2.24) is 9.97 Å². The number of nitrogen functional groups attached to an aromatic ring is 1. The maximum absolute atomic E-state index is 6.10. The first-order chi connectivity index (χ1) is 10.1. The van der Waals surface area contributed by atoms with E-state index in [2.05, 4.69) is 24.1 Å². The summed E-state index contributed by atoms with van der Waals surface area (Å²) in [6, 6.07) is 0.527. The molecule has 4 nitrogen and oxygen atoms in total. The highest BCUT2D eigenvalue weighted by Crippen LogP contribution is 2.40. The number of hydrogen-bond acceptors (Lipinski definition) is 4. The lowest BCUT2D eigenvalue weighted by Crippen LogP contribution is -2.36. The maximum atomic E-state index is 6.10. The summed E-state index contributed by atoms with van der Waals surface area (Å²) < 4.78 is 0. The molecule has 2 aliphatic rings. The van der Waals surface area contributed by atoms with Crippen molar-refractivity contribution in [2.45, 2.75) is 71.3 Å². The van der Waals surface area contributed by atoms with Crippen LogP contribution in [-0.4, -0.2) is 16.0 Å². The van der Waals surface area contributed by atoms with Gasteiger partial charge >= 0.3 is 0 Å². The lowest BCUT2D eigenvalue weighted by atomic mass is 9.78. The molecule has 2 unspecified atom stereocenters. The summed E-state index contributed by atoms with van der Waals surface area (Å²) in [4.78, 5) is 9.25. The Labute approximate surface area is 127 Å². The van der Waals surface area contributed by atoms with Crippen molar-refractivity contribution in [2.75, 3.05) is 11.1 Å². The highest BCUT2D eigenvalue weighted by molar-refractivity contribution is 5.55. The van der Waals surface area contributed by atoms with Crippen LogP contribution in [0.3, 0.4) is 0 Å². The summed E-state index contributed by atoms with van der Waals surface area (Å²) in [6.07, 6.45) is 7.66. The van der Waals surface area contributed by atoms with Gasteiger partial charge in [0, 0.05) is 17.5 Å². The molecule has 2 saturated carbocycles. The first kappa shape index (κ1) is 14.6. The lowest BCUT2D eigenvalue weighted by Gasteiger charge is -2.35. The van der Waals surface area contributed by atoms with Gasteiger partial charge in [0.1, 0.15) is 17.5 Å². The molecule has 0 amide bonds. The number of hydrogen-bond donors (Lipinski definition) is 2. The maximum Gasteiger partial charge on any atom is 0.136 e. The Morgan fingerprint density at radius 2 is 1.81 bits per heavy atom. The molecule has 21 heavy (non-hydrogen) atoms. The van der Waals surface area contributed by atoms with Crippen LogP contribution in [0, 0.1) is 18.8 Å². The average Bonchev–Trinajstić information content (AvgIpc) is 3.28. The largest absolute Gasteiger partial charge is 0.383 e. The van der Waals surface area contributed by atoms with Crippen LogP contribution >= 0.6 is 0 Å². The van der Waals surface area contributed by atoms with Crippen LogP contribution in [0.25, 0.3) is 0 Å². The summed E-state index contributed by atoms with van der Waals surface area (Å²) in [7, 11) is 0. The molecule has 3 N–H and O–H groups in total. The molecule has 0 spiro atoms. The second-order valence-corrected chi connectivity index (χ2v) is 7.16. The molecule has 3 rings (SSSR count). The van der Waals surface area contributed by atoms with E-state index in [9.17, 15) is 0 Å². The third-order valence-electron chi connectivity index (χ3n) is 5.14. The van der Waals surface area contributed by atoms with Gasteiger partial charge in [0.25, 0.3) is 0 Å². The molecule has 1 heterocycles. The van der Waals surface area contributed by atoms with Gasteiger partial charge in [-0.15, -0.1) is 0 Å². The second kappa shape index (κ2) is 5.82. The Bertz CT molecular complexity index is 508. The van der Waals surface area contributed by atoms with Gasteiger partial charge in [-0.25, -0.2) is 9.97 Å². The van der Waals surface area contributed by atoms with E-state index in [-0.39, 0.29) is 0 Å². The van der Waals surface area contributed by atoms with E-state index in [0.717, 1.165) is 23.1 Å². The van der Waals surface area contributed by atoms with E-state index in [1.165, 1.54) is 38.5 Å². The zero-order valence-electron chi connectivity index (χ0n) is 13.5. The normalized spacial score (nSPS) is 26.1. The van der Waals surface area contributed by atoms with Crippen LogP contribution in [-0.2, 0) is 0 Å². The Morgan fingerprint density at radius 1 is 1.10 bits per heavy atom. The smallest absolute Gasteiger partial charge is 0.136 e. The summed E-state index contributed by atoms with van der Waals surface area (Å²) in [6.45, 7) is 6.70. The van der Waals surface area contributed by atoms with Gasteiger partial charge in [-0.1, -0.05) is 26.7 Å². The number of aromatic nitrogens is 2.